The first kappa shape index (κ1) is 14.0. The lowest BCUT2D eigenvalue weighted by atomic mass is 10.2. The number of benzene rings is 1. The molecule has 1 aromatic carbocycles. The fourth-order valence-electron chi connectivity index (χ4n) is 1.35. The molecular formula is C11H10FIN4OS. The maximum Gasteiger partial charge on any atom is 0.205 e. The summed E-state index contributed by atoms with van der Waals surface area (Å²) >= 11 is 3.34. The third kappa shape index (κ3) is 3.53. The van der Waals surface area contributed by atoms with Gasteiger partial charge in [0, 0.05) is 5.38 Å². The molecule has 0 aliphatic carbocycles. The summed E-state index contributed by atoms with van der Waals surface area (Å²) in [6, 6.07) is 3.12. The Morgan fingerprint density at radius 2 is 2.37 bits per heavy atom. The van der Waals surface area contributed by atoms with Crippen LogP contribution in [0.4, 0.5) is 15.3 Å². The number of hydrogen-bond acceptors (Lipinski definition) is 6. The minimum atomic E-state index is -0.422. The minimum absolute atomic E-state index is 0.235. The van der Waals surface area contributed by atoms with Gasteiger partial charge in [-0.15, -0.1) is 11.3 Å². The number of ether oxygens (including phenoxy) is 1. The standard InChI is InChI=1S/C11H10FIN4OS/c1-18-10-7(12)2-6(3-8(10)13)4-15-17-11-16-9(14)5-19-11/h2-5H,14H2,1H3,(H,16,17). The molecule has 0 atom stereocenters. The number of aromatic nitrogens is 1. The highest BCUT2D eigenvalue weighted by Gasteiger charge is 2.08. The number of nitrogen functional groups attached to an aromatic ring is 1. The van der Waals surface area contributed by atoms with Crippen LogP contribution in [0, 0.1) is 9.39 Å². The molecule has 0 bridgehead atoms. The zero-order valence-electron chi connectivity index (χ0n) is 9.85. The minimum Gasteiger partial charge on any atom is -0.493 e. The van der Waals surface area contributed by atoms with Crippen molar-refractivity contribution in [3.8, 4) is 5.75 Å². The summed E-state index contributed by atoms with van der Waals surface area (Å²) in [5, 5.41) is 6.25. The molecule has 0 amide bonds. The van der Waals surface area contributed by atoms with E-state index in [-0.39, 0.29) is 5.75 Å². The highest BCUT2D eigenvalue weighted by molar-refractivity contribution is 14.1. The lowest BCUT2D eigenvalue weighted by Gasteiger charge is -2.05. The van der Waals surface area contributed by atoms with Gasteiger partial charge in [-0.1, -0.05) is 0 Å². The van der Waals surface area contributed by atoms with Crippen LogP contribution in [-0.2, 0) is 0 Å². The van der Waals surface area contributed by atoms with E-state index < -0.39 is 5.82 Å². The van der Waals surface area contributed by atoms with E-state index in [2.05, 4.69) is 15.5 Å². The zero-order chi connectivity index (χ0) is 13.8. The number of anilines is 2. The van der Waals surface area contributed by atoms with Crippen LogP contribution in [0.3, 0.4) is 0 Å². The Morgan fingerprint density at radius 3 is 2.95 bits per heavy atom. The Labute approximate surface area is 126 Å². The van der Waals surface area contributed by atoms with Gasteiger partial charge in [-0.25, -0.2) is 9.37 Å². The summed E-state index contributed by atoms with van der Waals surface area (Å²) in [4.78, 5) is 3.98. The number of hydrogen-bond donors (Lipinski definition) is 2. The van der Waals surface area contributed by atoms with E-state index in [4.69, 9.17) is 10.5 Å². The first-order valence-electron chi connectivity index (χ1n) is 5.13. The molecule has 0 fully saturated rings. The number of thiazole rings is 1. The first-order chi connectivity index (χ1) is 9.10. The molecule has 3 N–H and O–H groups in total. The molecule has 0 spiro atoms. The molecule has 1 heterocycles. The summed E-state index contributed by atoms with van der Waals surface area (Å²) in [5.41, 5.74) is 8.82. The Balaban J connectivity index is 2.11. The number of halogens is 2. The highest BCUT2D eigenvalue weighted by atomic mass is 127. The highest BCUT2D eigenvalue weighted by Crippen LogP contribution is 2.25. The Morgan fingerprint density at radius 1 is 1.58 bits per heavy atom. The van der Waals surface area contributed by atoms with Crippen molar-refractivity contribution in [2.75, 3.05) is 18.3 Å². The van der Waals surface area contributed by atoms with Crippen molar-refractivity contribution in [3.63, 3.8) is 0 Å². The molecule has 8 heteroatoms. The summed E-state index contributed by atoms with van der Waals surface area (Å²) in [6.45, 7) is 0. The van der Waals surface area contributed by atoms with E-state index in [0.29, 0.717) is 20.1 Å². The van der Waals surface area contributed by atoms with Gasteiger partial charge in [-0.2, -0.15) is 5.10 Å². The summed E-state index contributed by atoms with van der Waals surface area (Å²) in [5.74, 6) is 0.250. The van der Waals surface area contributed by atoms with E-state index >= 15 is 0 Å². The molecule has 2 aromatic rings. The third-order valence-electron chi connectivity index (χ3n) is 2.12. The van der Waals surface area contributed by atoms with Crippen molar-refractivity contribution < 1.29 is 9.13 Å². The molecular weight excluding hydrogens is 382 g/mol. The maximum atomic E-state index is 13.6. The second kappa shape index (κ2) is 6.15. The predicted octanol–water partition coefficient (Wildman–Crippen LogP) is 2.92. The Hall–Kier alpha value is -1.42. The summed E-state index contributed by atoms with van der Waals surface area (Å²) in [7, 11) is 1.43. The summed E-state index contributed by atoms with van der Waals surface area (Å²) in [6.07, 6.45) is 1.50. The van der Waals surface area contributed by atoms with Gasteiger partial charge in [0.05, 0.1) is 16.9 Å². The predicted molar refractivity (Wildman–Crippen MR) is 83.4 cm³/mol. The molecule has 1 aromatic heterocycles. The van der Waals surface area contributed by atoms with Crippen molar-refractivity contribution in [1.29, 1.82) is 0 Å². The average molecular weight is 392 g/mol. The van der Waals surface area contributed by atoms with Gasteiger partial charge in [0.2, 0.25) is 5.13 Å². The number of rotatable bonds is 4. The van der Waals surface area contributed by atoms with Crippen molar-refractivity contribution >= 4 is 51.1 Å². The fourth-order valence-corrected chi connectivity index (χ4v) is 2.73. The second-order valence-electron chi connectivity index (χ2n) is 3.47. The smallest absolute Gasteiger partial charge is 0.205 e. The van der Waals surface area contributed by atoms with Gasteiger partial charge in [0.1, 0.15) is 5.82 Å². The molecule has 0 unspecified atom stereocenters. The monoisotopic (exact) mass is 392 g/mol. The normalized spacial score (nSPS) is 10.9. The van der Waals surface area contributed by atoms with E-state index in [0.717, 1.165) is 0 Å². The molecule has 0 aliphatic heterocycles. The quantitative estimate of drug-likeness (QED) is 0.477. The van der Waals surface area contributed by atoms with E-state index in [9.17, 15) is 4.39 Å². The number of hydrazone groups is 1. The van der Waals surface area contributed by atoms with Crippen LogP contribution in [0.5, 0.6) is 5.75 Å². The lowest BCUT2D eigenvalue weighted by molar-refractivity contribution is 0.383. The van der Waals surface area contributed by atoms with E-state index in [1.807, 2.05) is 22.6 Å². The second-order valence-corrected chi connectivity index (χ2v) is 5.49. The molecule has 0 saturated heterocycles. The molecule has 2 rings (SSSR count). The van der Waals surface area contributed by atoms with Crippen molar-refractivity contribution in [1.82, 2.24) is 4.98 Å². The van der Waals surface area contributed by atoms with E-state index in [1.54, 1.807) is 11.4 Å². The molecule has 5 nitrogen and oxygen atoms in total. The van der Waals surface area contributed by atoms with Crippen LogP contribution < -0.4 is 15.9 Å². The van der Waals surface area contributed by atoms with Crippen LogP contribution in [-0.4, -0.2) is 18.3 Å². The number of nitrogens with zero attached hydrogens (tertiary/aromatic N) is 2. The number of nitrogens with two attached hydrogens (primary N) is 1. The van der Waals surface area contributed by atoms with Crippen LogP contribution >= 0.6 is 33.9 Å². The molecule has 0 radical (unpaired) electrons. The Kier molecular flexibility index (Phi) is 4.53. The summed E-state index contributed by atoms with van der Waals surface area (Å²) < 4.78 is 19.2. The van der Waals surface area contributed by atoms with Gasteiger partial charge in [-0.05, 0) is 40.3 Å². The zero-order valence-corrected chi connectivity index (χ0v) is 12.8. The Bertz CT molecular complexity index is 593. The van der Waals surface area contributed by atoms with Crippen LogP contribution in [0.1, 0.15) is 5.56 Å². The third-order valence-corrected chi connectivity index (χ3v) is 3.69. The van der Waals surface area contributed by atoms with Crippen LogP contribution in [0.15, 0.2) is 22.6 Å². The molecule has 19 heavy (non-hydrogen) atoms. The largest absolute Gasteiger partial charge is 0.493 e. The average Bonchev–Trinajstić information content (AvgIpc) is 2.75. The number of nitrogens with one attached hydrogen (secondary N) is 1. The van der Waals surface area contributed by atoms with E-state index in [1.165, 1.54) is 30.7 Å². The topological polar surface area (TPSA) is 72.5 Å². The van der Waals surface area contributed by atoms with Gasteiger partial charge in [-0.3, -0.25) is 5.43 Å². The van der Waals surface area contributed by atoms with Crippen molar-refractivity contribution in [2.24, 2.45) is 5.10 Å². The first-order valence-corrected chi connectivity index (χ1v) is 7.09. The molecule has 0 saturated carbocycles. The van der Waals surface area contributed by atoms with Crippen LogP contribution in [0.25, 0.3) is 0 Å². The van der Waals surface area contributed by atoms with Crippen molar-refractivity contribution in [3.05, 3.63) is 32.5 Å². The number of methoxy groups -OCH3 is 1. The van der Waals surface area contributed by atoms with Crippen molar-refractivity contribution in [2.45, 2.75) is 0 Å². The molecule has 100 valence electrons. The van der Waals surface area contributed by atoms with Gasteiger partial charge in [0.15, 0.2) is 11.6 Å². The lowest BCUT2D eigenvalue weighted by Crippen LogP contribution is -1.96. The van der Waals surface area contributed by atoms with Gasteiger partial charge < -0.3 is 10.5 Å². The van der Waals surface area contributed by atoms with Gasteiger partial charge in [0.25, 0.3) is 0 Å². The molecule has 0 aliphatic rings. The maximum absolute atomic E-state index is 13.6. The van der Waals surface area contributed by atoms with Gasteiger partial charge >= 0.3 is 0 Å². The SMILES string of the molecule is COc1c(F)cc(C=NNc2nc(N)cs2)cc1I. The fraction of sp³-hybridized carbons (Fsp3) is 0.0909. The van der Waals surface area contributed by atoms with Crippen LogP contribution in [0.2, 0.25) is 0 Å².